The first-order valence-corrected chi connectivity index (χ1v) is 7.85. The number of carbonyl (C=O) groups excluding carboxylic acids is 1. The zero-order valence-corrected chi connectivity index (χ0v) is 11.8. The van der Waals surface area contributed by atoms with Crippen molar-refractivity contribution in [3.63, 3.8) is 0 Å². The van der Waals surface area contributed by atoms with E-state index in [9.17, 15) is 4.79 Å². The minimum Gasteiger partial charge on any atom is -0.339 e. The standard InChI is InChI=1S/C13H21N3OS/c1-2-11(10-14)15-5-7-16(8-6-15)13(17)12-4-3-9-18-12/h11-12H,2-9H2,1H3. The van der Waals surface area contributed by atoms with Crippen LogP contribution in [0.1, 0.15) is 26.2 Å². The van der Waals surface area contributed by atoms with Crippen LogP contribution in [0.3, 0.4) is 0 Å². The highest BCUT2D eigenvalue weighted by Crippen LogP contribution is 2.28. The molecule has 0 saturated carbocycles. The Morgan fingerprint density at radius 1 is 1.44 bits per heavy atom. The van der Waals surface area contributed by atoms with Crippen molar-refractivity contribution in [2.75, 3.05) is 31.9 Å². The Bertz CT molecular complexity index is 328. The van der Waals surface area contributed by atoms with Crippen molar-refractivity contribution in [3.8, 4) is 6.07 Å². The Hall–Kier alpha value is -0.730. The molecule has 100 valence electrons. The lowest BCUT2D eigenvalue weighted by Crippen LogP contribution is -2.53. The lowest BCUT2D eigenvalue weighted by molar-refractivity contribution is -0.132. The molecular weight excluding hydrogens is 246 g/mol. The predicted octanol–water partition coefficient (Wildman–Crippen LogP) is 1.33. The minimum absolute atomic E-state index is 0.0168. The van der Waals surface area contributed by atoms with Crippen LogP contribution in [0, 0.1) is 11.3 Å². The Kier molecular flexibility index (Phi) is 4.90. The molecule has 2 aliphatic heterocycles. The topological polar surface area (TPSA) is 47.3 Å². The van der Waals surface area contributed by atoms with Crippen molar-refractivity contribution in [2.45, 2.75) is 37.5 Å². The minimum atomic E-state index is 0.0168. The van der Waals surface area contributed by atoms with E-state index in [1.54, 1.807) is 11.8 Å². The molecule has 18 heavy (non-hydrogen) atoms. The highest BCUT2D eigenvalue weighted by molar-refractivity contribution is 8.00. The second-order valence-electron chi connectivity index (χ2n) is 4.92. The summed E-state index contributed by atoms with van der Waals surface area (Å²) in [6, 6.07) is 2.36. The van der Waals surface area contributed by atoms with Gasteiger partial charge in [-0.25, -0.2) is 0 Å². The van der Waals surface area contributed by atoms with Crippen molar-refractivity contribution < 1.29 is 4.79 Å². The van der Waals surface area contributed by atoms with Crippen molar-refractivity contribution >= 4 is 17.7 Å². The Morgan fingerprint density at radius 2 is 2.17 bits per heavy atom. The Labute approximate surface area is 113 Å². The maximum absolute atomic E-state index is 12.2. The maximum Gasteiger partial charge on any atom is 0.235 e. The van der Waals surface area contributed by atoms with Crippen LogP contribution >= 0.6 is 11.8 Å². The summed E-state index contributed by atoms with van der Waals surface area (Å²) in [5.41, 5.74) is 0. The van der Waals surface area contributed by atoms with E-state index in [0.717, 1.165) is 44.8 Å². The van der Waals surface area contributed by atoms with Gasteiger partial charge in [0.15, 0.2) is 0 Å². The van der Waals surface area contributed by atoms with Gasteiger partial charge in [0.25, 0.3) is 0 Å². The summed E-state index contributed by atoms with van der Waals surface area (Å²) >= 11 is 1.80. The molecule has 0 aromatic rings. The molecule has 0 radical (unpaired) electrons. The number of carbonyl (C=O) groups is 1. The molecule has 0 spiro atoms. The summed E-state index contributed by atoms with van der Waals surface area (Å²) in [4.78, 5) is 16.4. The molecule has 2 heterocycles. The van der Waals surface area contributed by atoms with Crippen LogP contribution in [0.15, 0.2) is 0 Å². The molecule has 2 saturated heterocycles. The number of hydrogen-bond donors (Lipinski definition) is 0. The maximum atomic E-state index is 12.2. The summed E-state index contributed by atoms with van der Waals surface area (Å²) < 4.78 is 0. The Morgan fingerprint density at radius 3 is 2.67 bits per heavy atom. The first-order valence-electron chi connectivity index (χ1n) is 6.80. The summed E-state index contributed by atoms with van der Waals surface area (Å²) in [6.07, 6.45) is 3.08. The number of amides is 1. The van der Waals surface area contributed by atoms with E-state index in [1.165, 1.54) is 6.42 Å². The molecule has 0 aromatic carbocycles. The number of hydrogen-bond acceptors (Lipinski definition) is 4. The van der Waals surface area contributed by atoms with Gasteiger partial charge in [0, 0.05) is 26.2 Å². The molecule has 2 aliphatic rings. The van der Waals surface area contributed by atoms with Gasteiger partial charge in [-0.15, -0.1) is 11.8 Å². The number of thioether (sulfide) groups is 1. The van der Waals surface area contributed by atoms with Gasteiger partial charge >= 0.3 is 0 Å². The molecule has 0 N–H and O–H groups in total. The molecule has 0 aromatic heterocycles. The molecule has 2 unspecified atom stereocenters. The second kappa shape index (κ2) is 6.44. The summed E-state index contributed by atoms with van der Waals surface area (Å²) in [6.45, 7) is 5.30. The van der Waals surface area contributed by atoms with E-state index in [1.807, 2.05) is 11.8 Å². The third kappa shape index (κ3) is 2.99. The van der Waals surface area contributed by atoms with E-state index in [2.05, 4.69) is 11.0 Å². The van der Waals surface area contributed by atoms with Crippen LogP contribution < -0.4 is 0 Å². The quantitative estimate of drug-likeness (QED) is 0.774. The monoisotopic (exact) mass is 267 g/mol. The van der Waals surface area contributed by atoms with Gasteiger partial charge in [-0.2, -0.15) is 5.26 Å². The number of rotatable bonds is 3. The van der Waals surface area contributed by atoms with Gasteiger partial charge in [0.05, 0.1) is 17.4 Å². The zero-order chi connectivity index (χ0) is 13.0. The van der Waals surface area contributed by atoms with Crippen LogP contribution in [-0.2, 0) is 4.79 Å². The number of nitriles is 1. The molecule has 0 aliphatic carbocycles. The third-order valence-electron chi connectivity index (χ3n) is 3.81. The first kappa shape index (κ1) is 13.7. The molecule has 4 nitrogen and oxygen atoms in total. The van der Waals surface area contributed by atoms with E-state index >= 15 is 0 Å². The van der Waals surface area contributed by atoms with Crippen LogP contribution in [0.2, 0.25) is 0 Å². The smallest absolute Gasteiger partial charge is 0.235 e. The fraction of sp³-hybridized carbons (Fsp3) is 0.846. The van der Waals surface area contributed by atoms with Gasteiger partial charge in [0.1, 0.15) is 0 Å². The highest BCUT2D eigenvalue weighted by Gasteiger charge is 2.31. The van der Waals surface area contributed by atoms with Crippen LogP contribution in [0.25, 0.3) is 0 Å². The van der Waals surface area contributed by atoms with Crippen molar-refractivity contribution in [1.82, 2.24) is 9.80 Å². The van der Waals surface area contributed by atoms with Gasteiger partial charge in [-0.1, -0.05) is 6.92 Å². The fourth-order valence-corrected chi connectivity index (χ4v) is 3.90. The molecule has 2 fully saturated rings. The van der Waals surface area contributed by atoms with Gasteiger partial charge in [-0.05, 0) is 25.0 Å². The molecule has 5 heteroatoms. The van der Waals surface area contributed by atoms with Gasteiger partial charge in [-0.3, -0.25) is 9.69 Å². The number of nitrogens with zero attached hydrogens (tertiary/aromatic N) is 3. The fourth-order valence-electron chi connectivity index (χ4n) is 2.66. The predicted molar refractivity (Wildman–Crippen MR) is 73.3 cm³/mol. The molecular formula is C13H21N3OS. The van der Waals surface area contributed by atoms with Crippen LogP contribution in [0.5, 0.6) is 0 Å². The van der Waals surface area contributed by atoms with Crippen molar-refractivity contribution in [2.24, 2.45) is 0 Å². The van der Waals surface area contributed by atoms with Crippen molar-refractivity contribution in [1.29, 1.82) is 5.26 Å². The highest BCUT2D eigenvalue weighted by atomic mass is 32.2. The van der Waals surface area contributed by atoms with Crippen LogP contribution in [-0.4, -0.2) is 58.9 Å². The van der Waals surface area contributed by atoms with Crippen molar-refractivity contribution in [3.05, 3.63) is 0 Å². The van der Waals surface area contributed by atoms with Gasteiger partial charge < -0.3 is 4.90 Å². The lowest BCUT2D eigenvalue weighted by atomic mass is 10.1. The molecule has 1 amide bonds. The summed E-state index contributed by atoms with van der Waals surface area (Å²) in [5.74, 6) is 1.45. The largest absolute Gasteiger partial charge is 0.339 e. The average molecular weight is 267 g/mol. The third-order valence-corrected chi connectivity index (χ3v) is 5.17. The van der Waals surface area contributed by atoms with E-state index < -0.39 is 0 Å². The van der Waals surface area contributed by atoms with E-state index in [-0.39, 0.29) is 11.3 Å². The molecule has 2 rings (SSSR count). The zero-order valence-electron chi connectivity index (χ0n) is 11.0. The first-order chi connectivity index (χ1) is 8.76. The summed E-state index contributed by atoms with van der Waals surface area (Å²) in [5, 5.41) is 9.25. The van der Waals surface area contributed by atoms with E-state index in [0.29, 0.717) is 5.91 Å². The normalized spacial score (nSPS) is 26.9. The SMILES string of the molecule is CCC(C#N)N1CCN(C(=O)C2CCCS2)CC1. The number of piperazine rings is 1. The van der Waals surface area contributed by atoms with E-state index in [4.69, 9.17) is 5.26 Å². The van der Waals surface area contributed by atoms with Gasteiger partial charge in [0.2, 0.25) is 5.91 Å². The van der Waals surface area contributed by atoms with Crippen LogP contribution in [0.4, 0.5) is 0 Å². The summed E-state index contributed by atoms with van der Waals surface area (Å²) in [7, 11) is 0. The average Bonchev–Trinajstić information content (AvgIpc) is 2.94. The second-order valence-corrected chi connectivity index (χ2v) is 6.23. The molecule has 2 atom stereocenters. The lowest BCUT2D eigenvalue weighted by Gasteiger charge is -2.37. The molecule has 0 bridgehead atoms. The Balaban J connectivity index is 1.83.